The maximum Gasteiger partial charge on any atom is 0.278 e. The monoisotopic (exact) mass is 450 g/mol. The van der Waals surface area contributed by atoms with Gasteiger partial charge in [-0.05, 0) is 30.3 Å². The highest BCUT2D eigenvalue weighted by molar-refractivity contribution is 9.10. The van der Waals surface area contributed by atoms with Crippen LogP contribution in [0.25, 0.3) is 5.57 Å². The van der Waals surface area contributed by atoms with Crippen LogP contribution in [0.2, 0.25) is 10.0 Å². The summed E-state index contributed by atoms with van der Waals surface area (Å²) in [6.07, 6.45) is 1.50. The van der Waals surface area contributed by atoms with E-state index in [9.17, 15) is 9.59 Å². The zero-order valence-electron chi connectivity index (χ0n) is 13.4. The van der Waals surface area contributed by atoms with Crippen LogP contribution < -0.4 is 5.32 Å². The number of nitrogens with zero attached hydrogens (tertiary/aromatic N) is 1. The third-order valence-corrected chi connectivity index (χ3v) is 4.82. The Morgan fingerprint density at radius 3 is 2.54 bits per heavy atom. The Labute approximate surface area is 169 Å². The van der Waals surface area contributed by atoms with Crippen LogP contribution in [0.15, 0.2) is 65.3 Å². The Hall–Kier alpha value is -2.08. The molecule has 0 fully saturated rings. The number of nitrogens with one attached hydrogen (secondary N) is 1. The Morgan fingerprint density at radius 2 is 1.88 bits per heavy atom. The molecule has 0 spiro atoms. The van der Waals surface area contributed by atoms with Crippen molar-refractivity contribution in [3.05, 3.63) is 80.9 Å². The van der Waals surface area contributed by atoms with Gasteiger partial charge < -0.3 is 5.32 Å². The smallest absolute Gasteiger partial charge is 0.278 e. The van der Waals surface area contributed by atoms with E-state index in [2.05, 4.69) is 27.8 Å². The third kappa shape index (κ3) is 3.56. The topological polar surface area (TPSA) is 49.4 Å². The summed E-state index contributed by atoms with van der Waals surface area (Å²) in [7, 11) is 0. The molecule has 0 saturated heterocycles. The summed E-state index contributed by atoms with van der Waals surface area (Å²) >= 11 is 15.6. The molecule has 0 aliphatic carbocycles. The van der Waals surface area contributed by atoms with Gasteiger partial charge in [0.05, 0.1) is 10.6 Å². The number of hydrogen-bond acceptors (Lipinski definition) is 3. The summed E-state index contributed by atoms with van der Waals surface area (Å²) in [5, 5.41) is 3.79. The number of rotatable bonds is 5. The lowest BCUT2D eigenvalue weighted by atomic mass is 10.0. The van der Waals surface area contributed by atoms with Crippen LogP contribution in [-0.4, -0.2) is 23.3 Å². The SMILES string of the molecule is C=CCN1C(=O)C(Nc2cccc(Br)c2)=C(c2ccc(Cl)cc2Cl)C1=O. The van der Waals surface area contributed by atoms with E-state index in [1.165, 1.54) is 12.1 Å². The number of halogens is 3. The molecule has 3 rings (SSSR count). The molecule has 0 atom stereocenters. The minimum absolute atomic E-state index is 0.107. The molecule has 0 bridgehead atoms. The molecule has 26 heavy (non-hydrogen) atoms. The minimum Gasteiger partial charge on any atom is -0.350 e. The third-order valence-electron chi connectivity index (χ3n) is 3.77. The van der Waals surface area contributed by atoms with E-state index in [0.717, 1.165) is 9.37 Å². The van der Waals surface area contributed by atoms with Crippen molar-refractivity contribution in [3.63, 3.8) is 0 Å². The fourth-order valence-corrected chi connectivity index (χ4v) is 3.54. The van der Waals surface area contributed by atoms with E-state index >= 15 is 0 Å². The van der Waals surface area contributed by atoms with Crippen molar-refractivity contribution in [1.29, 1.82) is 0 Å². The number of imide groups is 1. The van der Waals surface area contributed by atoms with Crippen LogP contribution in [0.1, 0.15) is 5.56 Å². The molecule has 0 radical (unpaired) electrons. The first-order valence-corrected chi connectivity index (χ1v) is 9.16. The molecule has 2 aromatic rings. The van der Waals surface area contributed by atoms with E-state index in [0.29, 0.717) is 21.3 Å². The van der Waals surface area contributed by atoms with E-state index in [4.69, 9.17) is 23.2 Å². The first-order valence-electron chi connectivity index (χ1n) is 7.61. The minimum atomic E-state index is -0.434. The largest absolute Gasteiger partial charge is 0.350 e. The van der Waals surface area contributed by atoms with Crippen molar-refractivity contribution in [1.82, 2.24) is 4.90 Å². The lowest BCUT2D eigenvalue weighted by Crippen LogP contribution is -2.32. The van der Waals surface area contributed by atoms with Gasteiger partial charge in [-0.3, -0.25) is 14.5 Å². The highest BCUT2D eigenvalue weighted by atomic mass is 79.9. The fraction of sp³-hybridized carbons (Fsp3) is 0.0526. The predicted molar refractivity (Wildman–Crippen MR) is 108 cm³/mol. The van der Waals surface area contributed by atoms with E-state index in [1.807, 2.05) is 18.2 Å². The van der Waals surface area contributed by atoms with E-state index in [-0.39, 0.29) is 17.8 Å². The maximum atomic E-state index is 12.9. The molecule has 1 aliphatic rings. The zero-order chi connectivity index (χ0) is 18.8. The van der Waals surface area contributed by atoms with Crippen molar-refractivity contribution < 1.29 is 9.59 Å². The van der Waals surface area contributed by atoms with Gasteiger partial charge in [0.15, 0.2) is 0 Å². The molecule has 0 saturated carbocycles. The van der Waals surface area contributed by atoms with Crippen LogP contribution >= 0.6 is 39.1 Å². The second kappa shape index (κ2) is 7.66. The first kappa shape index (κ1) is 18.7. The predicted octanol–water partition coefficient (Wildman–Crippen LogP) is 5.13. The Bertz CT molecular complexity index is 956. The number of carbonyl (C=O) groups is 2. The van der Waals surface area contributed by atoms with Gasteiger partial charge in [0.2, 0.25) is 0 Å². The molecule has 1 N–H and O–H groups in total. The number of benzene rings is 2. The van der Waals surface area contributed by atoms with Crippen LogP contribution in [0.3, 0.4) is 0 Å². The molecule has 4 nitrogen and oxygen atoms in total. The van der Waals surface area contributed by atoms with Crippen LogP contribution in [0.5, 0.6) is 0 Å². The van der Waals surface area contributed by atoms with Crippen LogP contribution in [0.4, 0.5) is 5.69 Å². The summed E-state index contributed by atoms with van der Waals surface area (Å²) in [6.45, 7) is 3.71. The lowest BCUT2D eigenvalue weighted by molar-refractivity contribution is -0.136. The summed E-state index contributed by atoms with van der Waals surface area (Å²) in [5.74, 6) is -0.868. The van der Waals surface area contributed by atoms with Gasteiger partial charge in [-0.1, -0.05) is 57.3 Å². The van der Waals surface area contributed by atoms with Crippen LogP contribution in [-0.2, 0) is 9.59 Å². The standard InChI is InChI=1S/C19H13BrCl2N2O2/c1-2-8-24-18(25)16(14-7-6-12(21)10-15(14)22)17(19(24)26)23-13-5-3-4-11(20)9-13/h2-7,9-10,23H,1,8H2. The van der Waals surface area contributed by atoms with Crippen molar-refractivity contribution in [2.24, 2.45) is 0 Å². The average Bonchev–Trinajstić information content (AvgIpc) is 2.80. The number of amides is 2. The fourth-order valence-electron chi connectivity index (χ4n) is 2.64. The van der Waals surface area contributed by atoms with Crippen LogP contribution in [0, 0.1) is 0 Å². The van der Waals surface area contributed by atoms with Gasteiger partial charge in [-0.15, -0.1) is 6.58 Å². The van der Waals surface area contributed by atoms with Crippen molar-refractivity contribution in [2.45, 2.75) is 0 Å². The van der Waals surface area contributed by atoms with Gasteiger partial charge >= 0.3 is 0 Å². The van der Waals surface area contributed by atoms with E-state index < -0.39 is 11.8 Å². The first-order chi connectivity index (χ1) is 12.4. The zero-order valence-corrected chi connectivity index (χ0v) is 16.5. The van der Waals surface area contributed by atoms with Crippen molar-refractivity contribution in [3.8, 4) is 0 Å². The normalized spacial score (nSPS) is 14.2. The molecule has 1 heterocycles. The summed E-state index contributed by atoms with van der Waals surface area (Å²) in [6, 6.07) is 12.1. The number of carbonyl (C=O) groups excluding carboxylic acids is 2. The lowest BCUT2D eigenvalue weighted by Gasteiger charge is -2.12. The summed E-state index contributed by atoms with van der Waals surface area (Å²) < 4.78 is 0.842. The molecular weight excluding hydrogens is 439 g/mol. The van der Waals surface area contributed by atoms with Gasteiger partial charge in [0.1, 0.15) is 5.70 Å². The van der Waals surface area contributed by atoms with Crippen molar-refractivity contribution in [2.75, 3.05) is 11.9 Å². The summed E-state index contributed by atoms with van der Waals surface area (Å²) in [5.41, 5.74) is 1.48. The maximum absolute atomic E-state index is 12.9. The highest BCUT2D eigenvalue weighted by Gasteiger charge is 2.39. The Kier molecular flexibility index (Phi) is 5.51. The van der Waals surface area contributed by atoms with Gasteiger partial charge in [-0.25, -0.2) is 0 Å². The Balaban J connectivity index is 2.14. The molecule has 7 heteroatoms. The van der Waals surface area contributed by atoms with Gasteiger partial charge in [0.25, 0.3) is 11.8 Å². The van der Waals surface area contributed by atoms with E-state index in [1.54, 1.807) is 18.2 Å². The highest BCUT2D eigenvalue weighted by Crippen LogP contribution is 2.35. The second-order valence-corrected chi connectivity index (χ2v) is 7.28. The number of anilines is 1. The summed E-state index contributed by atoms with van der Waals surface area (Å²) in [4.78, 5) is 26.8. The molecule has 0 unspecified atom stereocenters. The molecule has 2 aromatic carbocycles. The molecule has 2 amide bonds. The van der Waals surface area contributed by atoms with Gasteiger partial charge in [0, 0.05) is 27.3 Å². The molecule has 1 aliphatic heterocycles. The number of hydrogen-bond donors (Lipinski definition) is 1. The van der Waals surface area contributed by atoms with Crippen molar-refractivity contribution >= 4 is 62.2 Å². The molecule has 0 aromatic heterocycles. The molecular formula is C19H13BrCl2N2O2. The Morgan fingerprint density at radius 1 is 1.12 bits per heavy atom. The molecule has 132 valence electrons. The quantitative estimate of drug-likeness (QED) is 0.506. The second-order valence-electron chi connectivity index (χ2n) is 5.52. The van der Waals surface area contributed by atoms with Gasteiger partial charge in [-0.2, -0.15) is 0 Å². The average molecular weight is 452 g/mol.